The van der Waals surface area contributed by atoms with Gasteiger partial charge in [-0.05, 0) is 77.0 Å². The molecule has 390 valence electrons. The van der Waals surface area contributed by atoms with Crippen molar-refractivity contribution >= 4 is 17.9 Å². The third-order valence-corrected chi connectivity index (χ3v) is 12.8. The SMILES string of the molecule is CCC/C=C\CCCCCCCC(=O)OCC(COC(=O)CCCCCCCCCCCC/C=C\C/C=C\C/C=C\CCCCCCC)OC(=O)CCCCCCCCCCCCCCCC. The monoisotopic (exact) mass is 939 g/mol. The van der Waals surface area contributed by atoms with Gasteiger partial charge in [-0.3, -0.25) is 14.4 Å². The highest BCUT2D eigenvalue weighted by molar-refractivity contribution is 5.71. The number of unbranched alkanes of at least 4 members (excludes halogenated alkanes) is 34. The summed E-state index contributed by atoms with van der Waals surface area (Å²) < 4.78 is 16.8. The van der Waals surface area contributed by atoms with E-state index in [0.717, 1.165) is 83.5 Å². The number of esters is 3. The van der Waals surface area contributed by atoms with Crippen molar-refractivity contribution in [3.05, 3.63) is 48.6 Å². The van der Waals surface area contributed by atoms with Crippen LogP contribution in [0, 0.1) is 0 Å². The molecule has 0 aromatic carbocycles. The van der Waals surface area contributed by atoms with E-state index in [1.54, 1.807) is 0 Å². The smallest absolute Gasteiger partial charge is 0.306 e. The summed E-state index contributed by atoms with van der Waals surface area (Å²) in [5.41, 5.74) is 0. The first kappa shape index (κ1) is 64.4. The number of ether oxygens (including phenoxy) is 3. The van der Waals surface area contributed by atoms with E-state index in [-0.39, 0.29) is 31.1 Å². The van der Waals surface area contributed by atoms with Gasteiger partial charge in [-0.1, -0.05) is 256 Å². The van der Waals surface area contributed by atoms with Crippen LogP contribution in [0.4, 0.5) is 0 Å². The van der Waals surface area contributed by atoms with Gasteiger partial charge in [-0.2, -0.15) is 0 Å². The molecule has 0 saturated heterocycles. The molecule has 0 aromatic rings. The lowest BCUT2D eigenvalue weighted by molar-refractivity contribution is -0.167. The Bertz CT molecular complexity index is 1170. The average molecular weight is 940 g/mol. The first-order chi connectivity index (χ1) is 33.0. The van der Waals surface area contributed by atoms with Gasteiger partial charge in [0, 0.05) is 19.3 Å². The van der Waals surface area contributed by atoms with E-state index in [4.69, 9.17) is 14.2 Å². The molecule has 0 aliphatic rings. The van der Waals surface area contributed by atoms with E-state index in [0.29, 0.717) is 19.3 Å². The summed E-state index contributed by atoms with van der Waals surface area (Å²) in [6, 6.07) is 0. The average Bonchev–Trinajstić information content (AvgIpc) is 3.33. The molecule has 0 spiro atoms. The van der Waals surface area contributed by atoms with E-state index in [2.05, 4.69) is 69.4 Å². The molecule has 0 amide bonds. The molecule has 1 unspecified atom stereocenters. The molecule has 6 heteroatoms. The molecule has 0 bridgehead atoms. The minimum Gasteiger partial charge on any atom is -0.462 e. The number of carbonyl (C=O) groups is 3. The van der Waals surface area contributed by atoms with E-state index in [1.165, 1.54) is 180 Å². The fraction of sp³-hybridized carbons (Fsp3) is 0.820. The summed E-state index contributed by atoms with van der Waals surface area (Å²) in [6.07, 6.45) is 68.3. The molecule has 0 aromatic heterocycles. The summed E-state index contributed by atoms with van der Waals surface area (Å²) in [6.45, 7) is 6.58. The molecular weight excluding hydrogens is 829 g/mol. The maximum absolute atomic E-state index is 12.8. The zero-order chi connectivity index (χ0) is 48.6. The molecule has 0 aliphatic heterocycles. The third-order valence-electron chi connectivity index (χ3n) is 12.8. The maximum atomic E-state index is 12.8. The molecule has 0 radical (unpaired) electrons. The Kier molecular flexibility index (Phi) is 53.8. The summed E-state index contributed by atoms with van der Waals surface area (Å²) >= 11 is 0. The highest BCUT2D eigenvalue weighted by Gasteiger charge is 2.19. The van der Waals surface area contributed by atoms with Crippen LogP contribution in [0.2, 0.25) is 0 Å². The Labute approximate surface area is 416 Å². The third kappa shape index (κ3) is 54.2. The minimum atomic E-state index is -0.774. The lowest BCUT2D eigenvalue weighted by atomic mass is 10.0. The van der Waals surface area contributed by atoms with Gasteiger partial charge >= 0.3 is 17.9 Å². The second-order valence-corrected chi connectivity index (χ2v) is 19.6. The Morgan fingerprint density at radius 2 is 0.567 bits per heavy atom. The molecule has 0 fully saturated rings. The van der Waals surface area contributed by atoms with Crippen molar-refractivity contribution in [2.45, 2.75) is 309 Å². The normalized spacial score (nSPS) is 12.3. The zero-order valence-electron chi connectivity index (χ0n) is 44.7. The van der Waals surface area contributed by atoms with Gasteiger partial charge < -0.3 is 14.2 Å². The second-order valence-electron chi connectivity index (χ2n) is 19.6. The van der Waals surface area contributed by atoms with Crippen molar-refractivity contribution in [3.8, 4) is 0 Å². The summed E-state index contributed by atoms with van der Waals surface area (Å²) in [7, 11) is 0. The Hall–Kier alpha value is -2.63. The van der Waals surface area contributed by atoms with Crippen LogP contribution in [-0.4, -0.2) is 37.2 Å². The van der Waals surface area contributed by atoms with Crippen molar-refractivity contribution in [1.82, 2.24) is 0 Å². The van der Waals surface area contributed by atoms with Gasteiger partial charge in [-0.25, -0.2) is 0 Å². The number of hydrogen-bond donors (Lipinski definition) is 0. The quantitative estimate of drug-likeness (QED) is 0.0262. The maximum Gasteiger partial charge on any atom is 0.306 e. The van der Waals surface area contributed by atoms with E-state index < -0.39 is 6.10 Å². The molecule has 0 aliphatic carbocycles. The lowest BCUT2D eigenvalue weighted by Gasteiger charge is -2.18. The molecule has 67 heavy (non-hydrogen) atoms. The van der Waals surface area contributed by atoms with Crippen LogP contribution in [-0.2, 0) is 28.6 Å². The van der Waals surface area contributed by atoms with Crippen LogP contribution in [0.15, 0.2) is 48.6 Å². The van der Waals surface area contributed by atoms with Gasteiger partial charge in [0.1, 0.15) is 13.2 Å². The molecule has 6 nitrogen and oxygen atoms in total. The van der Waals surface area contributed by atoms with E-state index >= 15 is 0 Å². The number of carbonyl (C=O) groups excluding carboxylic acids is 3. The van der Waals surface area contributed by atoms with Gasteiger partial charge in [0.15, 0.2) is 6.10 Å². The fourth-order valence-corrected chi connectivity index (χ4v) is 8.39. The number of allylic oxidation sites excluding steroid dienone is 8. The topological polar surface area (TPSA) is 78.9 Å². The van der Waals surface area contributed by atoms with E-state index in [1.807, 2.05) is 0 Å². The second kappa shape index (κ2) is 56.0. The van der Waals surface area contributed by atoms with E-state index in [9.17, 15) is 14.4 Å². The van der Waals surface area contributed by atoms with Gasteiger partial charge in [-0.15, -0.1) is 0 Å². The Morgan fingerprint density at radius 1 is 0.299 bits per heavy atom. The Balaban J connectivity index is 4.21. The van der Waals surface area contributed by atoms with Crippen LogP contribution in [0.25, 0.3) is 0 Å². The van der Waals surface area contributed by atoms with Gasteiger partial charge in [0.05, 0.1) is 0 Å². The molecule has 0 N–H and O–H groups in total. The van der Waals surface area contributed by atoms with Crippen LogP contribution in [0.3, 0.4) is 0 Å². The minimum absolute atomic E-state index is 0.0750. The largest absolute Gasteiger partial charge is 0.462 e. The zero-order valence-corrected chi connectivity index (χ0v) is 44.7. The molecule has 0 rings (SSSR count). The highest BCUT2D eigenvalue weighted by Crippen LogP contribution is 2.16. The first-order valence-electron chi connectivity index (χ1n) is 29.1. The lowest BCUT2D eigenvalue weighted by Crippen LogP contribution is -2.30. The fourth-order valence-electron chi connectivity index (χ4n) is 8.39. The number of hydrogen-bond acceptors (Lipinski definition) is 6. The van der Waals surface area contributed by atoms with Crippen LogP contribution in [0.1, 0.15) is 303 Å². The van der Waals surface area contributed by atoms with Crippen LogP contribution >= 0.6 is 0 Å². The summed E-state index contributed by atoms with van der Waals surface area (Å²) in [5, 5.41) is 0. The molecule has 0 heterocycles. The van der Waals surface area contributed by atoms with Crippen molar-refractivity contribution in [3.63, 3.8) is 0 Å². The number of rotatable bonds is 53. The summed E-state index contributed by atoms with van der Waals surface area (Å²) in [5.74, 6) is -0.877. The predicted octanol–water partition coefficient (Wildman–Crippen LogP) is 19.4. The molecular formula is C61H110O6. The van der Waals surface area contributed by atoms with Crippen molar-refractivity contribution in [2.24, 2.45) is 0 Å². The highest BCUT2D eigenvalue weighted by atomic mass is 16.6. The Morgan fingerprint density at radius 3 is 0.910 bits per heavy atom. The molecule has 0 saturated carbocycles. The summed E-state index contributed by atoms with van der Waals surface area (Å²) in [4.78, 5) is 38.0. The van der Waals surface area contributed by atoms with Crippen molar-refractivity contribution < 1.29 is 28.6 Å². The van der Waals surface area contributed by atoms with Crippen molar-refractivity contribution in [2.75, 3.05) is 13.2 Å². The van der Waals surface area contributed by atoms with Crippen LogP contribution < -0.4 is 0 Å². The van der Waals surface area contributed by atoms with Crippen LogP contribution in [0.5, 0.6) is 0 Å². The standard InChI is InChI=1S/C61H110O6/c1-4-7-10-13-16-19-22-24-26-27-28-29-30-31-32-33-34-35-36-38-39-42-45-48-51-54-60(63)66-57-58(56-65-59(62)53-50-47-44-41-21-18-15-12-9-6-3)67-61(64)55-52-49-46-43-40-37-25-23-20-17-14-11-8-5-2/h12,15,22,24,27-28,30-31,58H,4-11,13-14,16-21,23,25-26,29,32-57H2,1-3H3/b15-12-,24-22-,28-27-,31-30-. The van der Waals surface area contributed by atoms with Gasteiger partial charge in [0.2, 0.25) is 0 Å². The molecule has 1 atom stereocenters. The van der Waals surface area contributed by atoms with Crippen molar-refractivity contribution in [1.29, 1.82) is 0 Å². The van der Waals surface area contributed by atoms with Gasteiger partial charge in [0.25, 0.3) is 0 Å². The first-order valence-corrected chi connectivity index (χ1v) is 29.1. The predicted molar refractivity (Wildman–Crippen MR) is 289 cm³/mol.